The molecule has 0 aliphatic carbocycles. The predicted octanol–water partition coefficient (Wildman–Crippen LogP) is 3.67. The summed E-state index contributed by atoms with van der Waals surface area (Å²) in [5, 5.41) is 0. The Morgan fingerprint density at radius 3 is 2.88 bits per heavy atom. The van der Waals surface area contributed by atoms with Gasteiger partial charge in [0.2, 0.25) is 0 Å². The van der Waals surface area contributed by atoms with Crippen LogP contribution in [0.3, 0.4) is 0 Å². The maximum atomic E-state index is 6.08. The number of pyridine rings is 1. The molecule has 0 spiro atoms. The Balaban J connectivity index is 2.35. The Hall–Kier alpha value is -0.760. The Labute approximate surface area is 109 Å². The molecule has 2 rings (SSSR count). The molecule has 0 amide bonds. The van der Waals surface area contributed by atoms with E-state index in [0.29, 0.717) is 5.88 Å². The summed E-state index contributed by atoms with van der Waals surface area (Å²) in [6.07, 6.45) is 2.59. The number of nitrogens with zero attached hydrogens (tertiary/aromatic N) is 2. The largest absolute Gasteiger partial charge is 0.356 e. The molecule has 1 aromatic heterocycles. The molecule has 1 fully saturated rings. The van der Waals surface area contributed by atoms with Gasteiger partial charge in [-0.15, -0.1) is 11.6 Å². The molecule has 0 N–H and O–H groups in total. The number of rotatable bonds is 2. The van der Waals surface area contributed by atoms with Gasteiger partial charge in [0.25, 0.3) is 0 Å². The average molecular weight is 253 g/mol. The fourth-order valence-electron chi connectivity index (χ4n) is 2.65. The molecule has 17 heavy (non-hydrogen) atoms. The lowest BCUT2D eigenvalue weighted by atomic mass is 9.99. The summed E-state index contributed by atoms with van der Waals surface area (Å²) in [5.41, 5.74) is 3.55. The Kier molecular flexibility index (Phi) is 3.93. The number of aromatic nitrogens is 1. The van der Waals surface area contributed by atoms with E-state index in [2.05, 4.69) is 31.7 Å². The number of hydrogen-bond acceptors (Lipinski definition) is 2. The van der Waals surface area contributed by atoms with Crippen molar-refractivity contribution in [2.45, 2.75) is 39.5 Å². The number of anilines is 1. The van der Waals surface area contributed by atoms with Crippen LogP contribution in [0.25, 0.3) is 0 Å². The van der Waals surface area contributed by atoms with E-state index in [9.17, 15) is 0 Å². The van der Waals surface area contributed by atoms with E-state index in [0.717, 1.165) is 30.5 Å². The van der Waals surface area contributed by atoms with E-state index in [4.69, 9.17) is 16.6 Å². The average Bonchev–Trinajstić information content (AvgIpc) is 2.28. The molecule has 0 saturated carbocycles. The molecule has 1 aliphatic rings. The van der Waals surface area contributed by atoms with E-state index < -0.39 is 0 Å². The number of aryl methyl sites for hydroxylation is 2. The minimum absolute atomic E-state index is 0.555. The van der Waals surface area contributed by atoms with Crippen molar-refractivity contribution in [3.8, 4) is 0 Å². The molecule has 94 valence electrons. The summed E-state index contributed by atoms with van der Waals surface area (Å²) >= 11 is 6.08. The van der Waals surface area contributed by atoms with Gasteiger partial charge >= 0.3 is 0 Å². The van der Waals surface area contributed by atoms with Crippen molar-refractivity contribution < 1.29 is 0 Å². The minimum atomic E-state index is 0.555. The highest BCUT2D eigenvalue weighted by Gasteiger charge is 2.20. The highest BCUT2D eigenvalue weighted by atomic mass is 35.5. The first-order valence-corrected chi connectivity index (χ1v) is 6.93. The van der Waals surface area contributed by atoms with Crippen molar-refractivity contribution >= 4 is 17.4 Å². The van der Waals surface area contributed by atoms with Crippen LogP contribution >= 0.6 is 11.6 Å². The van der Waals surface area contributed by atoms with Crippen LogP contribution in [0.5, 0.6) is 0 Å². The van der Waals surface area contributed by atoms with Gasteiger partial charge in [0.15, 0.2) is 0 Å². The standard InChI is InChI=1S/C14H21ClN2/c1-10-5-4-6-17(9-10)14-13(8-15)11(2)7-12(3)16-14/h7,10H,4-6,8-9H2,1-3H3. The van der Waals surface area contributed by atoms with Gasteiger partial charge < -0.3 is 4.90 Å². The first-order chi connectivity index (χ1) is 8.11. The molecule has 2 heterocycles. The SMILES string of the molecule is Cc1cc(C)c(CCl)c(N2CCCC(C)C2)n1. The molecule has 1 atom stereocenters. The van der Waals surface area contributed by atoms with Gasteiger partial charge in [-0.1, -0.05) is 6.92 Å². The summed E-state index contributed by atoms with van der Waals surface area (Å²) in [5.74, 6) is 2.43. The molecule has 0 radical (unpaired) electrons. The number of halogens is 1. The van der Waals surface area contributed by atoms with Crippen LogP contribution < -0.4 is 4.90 Å². The second kappa shape index (κ2) is 5.26. The molecule has 1 aromatic rings. The van der Waals surface area contributed by atoms with E-state index >= 15 is 0 Å². The summed E-state index contributed by atoms with van der Waals surface area (Å²) in [7, 11) is 0. The second-order valence-corrected chi connectivity index (χ2v) is 5.48. The normalized spacial score (nSPS) is 20.7. The molecular formula is C14H21ClN2. The summed E-state index contributed by atoms with van der Waals surface area (Å²) in [6.45, 7) is 8.73. The van der Waals surface area contributed by atoms with E-state index in [1.54, 1.807) is 0 Å². The number of piperidine rings is 1. The van der Waals surface area contributed by atoms with Crippen LogP contribution in [0.4, 0.5) is 5.82 Å². The van der Waals surface area contributed by atoms with Gasteiger partial charge in [0.05, 0.1) is 5.88 Å². The van der Waals surface area contributed by atoms with Crippen molar-refractivity contribution in [3.05, 3.63) is 22.9 Å². The zero-order chi connectivity index (χ0) is 12.4. The smallest absolute Gasteiger partial charge is 0.133 e. The van der Waals surface area contributed by atoms with Crippen LogP contribution in [0.15, 0.2) is 6.07 Å². The first-order valence-electron chi connectivity index (χ1n) is 6.40. The molecule has 1 saturated heterocycles. The molecule has 1 unspecified atom stereocenters. The van der Waals surface area contributed by atoms with Crippen molar-refractivity contribution in [1.29, 1.82) is 0 Å². The van der Waals surface area contributed by atoms with Crippen LogP contribution in [0.1, 0.15) is 36.6 Å². The van der Waals surface area contributed by atoms with Crippen molar-refractivity contribution in [3.63, 3.8) is 0 Å². The van der Waals surface area contributed by atoms with Crippen LogP contribution in [-0.4, -0.2) is 18.1 Å². The third-order valence-electron chi connectivity index (χ3n) is 3.54. The lowest BCUT2D eigenvalue weighted by Gasteiger charge is -2.33. The highest BCUT2D eigenvalue weighted by molar-refractivity contribution is 6.17. The van der Waals surface area contributed by atoms with E-state index in [1.165, 1.54) is 24.0 Å². The Morgan fingerprint density at radius 1 is 1.47 bits per heavy atom. The maximum Gasteiger partial charge on any atom is 0.133 e. The zero-order valence-corrected chi connectivity index (χ0v) is 11.7. The van der Waals surface area contributed by atoms with Crippen molar-refractivity contribution in [2.75, 3.05) is 18.0 Å². The topological polar surface area (TPSA) is 16.1 Å². The molecule has 1 aliphatic heterocycles. The minimum Gasteiger partial charge on any atom is -0.356 e. The van der Waals surface area contributed by atoms with Gasteiger partial charge in [0.1, 0.15) is 5.82 Å². The molecule has 2 nitrogen and oxygen atoms in total. The molecule has 0 aromatic carbocycles. The number of alkyl halides is 1. The summed E-state index contributed by atoms with van der Waals surface area (Å²) in [6, 6.07) is 2.12. The van der Waals surface area contributed by atoms with Gasteiger partial charge in [-0.25, -0.2) is 4.98 Å². The molecular weight excluding hydrogens is 232 g/mol. The van der Waals surface area contributed by atoms with Crippen LogP contribution in [0, 0.1) is 19.8 Å². The van der Waals surface area contributed by atoms with Crippen LogP contribution in [0.2, 0.25) is 0 Å². The highest BCUT2D eigenvalue weighted by Crippen LogP contribution is 2.28. The molecule has 0 bridgehead atoms. The zero-order valence-electron chi connectivity index (χ0n) is 11.0. The third-order valence-corrected chi connectivity index (χ3v) is 3.81. The Bertz CT molecular complexity index is 403. The lowest BCUT2D eigenvalue weighted by molar-refractivity contribution is 0.444. The van der Waals surface area contributed by atoms with Gasteiger partial charge in [-0.3, -0.25) is 0 Å². The molecule has 3 heteroatoms. The fraction of sp³-hybridized carbons (Fsp3) is 0.643. The number of hydrogen-bond donors (Lipinski definition) is 0. The Morgan fingerprint density at radius 2 is 2.24 bits per heavy atom. The summed E-state index contributed by atoms with van der Waals surface area (Å²) < 4.78 is 0. The van der Waals surface area contributed by atoms with Crippen molar-refractivity contribution in [1.82, 2.24) is 4.98 Å². The van der Waals surface area contributed by atoms with E-state index in [1.807, 2.05) is 0 Å². The van der Waals surface area contributed by atoms with Gasteiger partial charge in [-0.2, -0.15) is 0 Å². The van der Waals surface area contributed by atoms with Crippen molar-refractivity contribution in [2.24, 2.45) is 5.92 Å². The first kappa shape index (κ1) is 12.7. The van der Waals surface area contributed by atoms with Gasteiger partial charge in [-0.05, 0) is 44.2 Å². The summed E-state index contributed by atoms with van der Waals surface area (Å²) in [4.78, 5) is 7.11. The van der Waals surface area contributed by atoms with Gasteiger partial charge in [0, 0.05) is 24.3 Å². The third kappa shape index (κ3) is 2.74. The fourth-order valence-corrected chi connectivity index (χ4v) is 2.98. The monoisotopic (exact) mass is 252 g/mol. The van der Waals surface area contributed by atoms with Crippen LogP contribution in [-0.2, 0) is 5.88 Å². The van der Waals surface area contributed by atoms with E-state index in [-0.39, 0.29) is 0 Å². The maximum absolute atomic E-state index is 6.08. The lowest BCUT2D eigenvalue weighted by Crippen LogP contribution is -2.35. The second-order valence-electron chi connectivity index (χ2n) is 5.21. The quantitative estimate of drug-likeness (QED) is 0.747. The predicted molar refractivity (Wildman–Crippen MR) is 73.9 cm³/mol.